The average Bonchev–Trinajstić information content (AvgIpc) is 3.10. The zero-order valence-corrected chi connectivity index (χ0v) is 15.2. The number of nitrogens with one attached hydrogen (secondary N) is 1. The zero-order chi connectivity index (χ0) is 18.4. The van der Waals surface area contributed by atoms with Crippen molar-refractivity contribution in [2.75, 3.05) is 7.11 Å². The molecular formula is C20H19FN2O2S. The molecule has 2 aromatic carbocycles. The van der Waals surface area contributed by atoms with E-state index in [1.807, 2.05) is 29.6 Å². The van der Waals surface area contributed by atoms with Crippen molar-refractivity contribution in [3.8, 4) is 10.6 Å². The number of amides is 1. The number of rotatable bonds is 7. The van der Waals surface area contributed by atoms with E-state index in [4.69, 9.17) is 4.74 Å². The van der Waals surface area contributed by atoms with Crippen molar-refractivity contribution in [3.05, 3.63) is 76.5 Å². The fraction of sp³-hybridized carbons (Fsp3) is 0.200. The Bertz CT molecular complexity index is 895. The number of carbonyl (C=O) groups is 1. The summed E-state index contributed by atoms with van der Waals surface area (Å²) in [5, 5.41) is 5.45. The summed E-state index contributed by atoms with van der Waals surface area (Å²) in [6, 6.07) is 14.1. The van der Waals surface area contributed by atoms with Crippen LogP contribution in [0.5, 0.6) is 0 Å². The third-order valence-electron chi connectivity index (χ3n) is 3.86. The molecule has 0 radical (unpaired) electrons. The molecule has 0 saturated heterocycles. The number of aromatic nitrogens is 1. The highest BCUT2D eigenvalue weighted by atomic mass is 32.1. The maximum atomic E-state index is 13.3. The molecule has 3 rings (SSSR count). The maximum absolute atomic E-state index is 13.3. The number of nitrogens with zero attached hydrogens (tertiary/aromatic N) is 1. The van der Waals surface area contributed by atoms with E-state index in [1.165, 1.54) is 23.5 Å². The molecular weight excluding hydrogens is 351 g/mol. The first-order chi connectivity index (χ1) is 12.7. The Hall–Kier alpha value is -2.57. The monoisotopic (exact) mass is 370 g/mol. The first-order valence-corrected chi connectivity index (χ1v) is 9.06. The van der Waals surface area contributed by atoms with Gasteiger partial charge in [-0.15, -0.1) is 11.3 Å². The van der Waals surface area contributed by atoms with Crippen LogP contribution in [0.15, 0.2) is 53.9 Å². The molecule has 6 heteroatoms. The van der Waals surface area contributed by atoms with E-state index in [1.54, 1.807) is 19.2 Å². The van der Waals surface area contributed by atoms with E-state index in [9.17, 15) is 9.18 Å². The minimum Gasteiger partial charge on any atom is -0.380 e. The first kappa shape index (κ1) is 18.2. The number of methoxy groups -OCH3 is 1. The Labute approximate surface area is 155 Å². The Morgan fingerprint density at radius 2 is 2.00 bits per heavy atom. The fourth-order valence-corrected chi connectivity index (χ4v) is 3.41. The number of thiazole rings is 1. The van der Waals surface area contributed by atoms with Crippen LogP contribution in [0.1, 0.15) is 16.8 Å². The second-order valence-electron chi connectivity index (χ2n) is 5.81. The van der Waals surface area contributed by atoms with E-state index < -0.39 is 0 Å². The molecule has 26 heavy (non-hydrogen) atoms. The summed E-state index contributed by atoms with van der Waals surface area (Å²) in [6.45, 7) is 0.953. The highest BCUT2D eigenvalue weighted by molar-refractivity contribution is 7.13. The minimum absolute atomic E-state index is 0.103. The molecule has 0 spiro atoms. The molecule has 0 bridgehead atoms. The van der Waals surface area contributed by atoms with Gasteiger partial charge in [-0.3, -0.25) is 4.79 Å². The predicted octanol–water partition coefficient (Wildman–Crippen LogP) is 3.95. The van der Waals surface area contributed by atoms with Crippen molar-refractivity contribution in [2.24, 2.45) is 0 Å². The number of halogens is 1. The molecule has 3 aromatic rings. The molecule has 1 N–H and O–H groups in total. The Kier molecular flexibility index (Phi) is 6.09. The van der Waals surface area contributed by atoms with Crippen LogP contribution in [0.2, 0.25) is 0 Å². The van der Waals surface area contributed by atoms with Crippen LogP contribution in [0.25, 0.3) is 10.6 Å². The molecule has 4 nitrogen and oxygen atoms in total. The van der Waals surface area contributed by atoms with Crippen LogP contribution < -0.4 is 5.32 Å². The average molecular weight is 370 g/mol. The summed E-state index contributed by atoms with van der Waals surface area (Å²) in [6.07, 6.45) is 0.193. The fourth-order valence-electron chi connectivity index (χ4n) is 2.59. The molecule has 0 saturated carbocycles. The number of ether oxygens (including phenoxy) is 1. The van der Waals surface area contributed by atoms with Gasteiger partial charge in [0.1, 0.15) is 10.8 Å². The summed E-state index contributed by atoms with van der Waals surface area (Å²) in [5.41, 5.74) is 3.48. The molecule has 0 unspecified atom stereocenters. The van der Waals surface area contributed by atoms with Crippen LogP contribution in [0, 0.1) is 5.82 Å². The van der Waals surface area contributed by atoms with Crippen LogP contribution in [-0.4, -0.2) is 18.0 Å². The van der Waals surface area contributed by atoms with Gasteiger partial charge in [-0.2, -0.15) is 0 Å². The molecule has 0 aliphatic heterocycles. The second-order valence-corrected chi connectivity index (χ2v) is 6.67. The van der Waals surface area contributed by atoms with E-state index in [-0.39, 0.29) is 18.1 Å². The van der Waals surface area contributed by atoms with Gasteiger partial charge in [0.2, 0.25) is 5.91 Å². The van der Waals surface area contributed by atoms with Gasteiger partial charge < -0.3 is 10.1 Å². The van der Waals surface area contributed by atoms with Crippen molar-refractivity contribution in [1.82, 2.24) is 10.3 Å². The normalized spacial score (nSPS) is 10.7. The smallest absolute Gasteiger partial charge is 0.226 e. The molecule has 1 amide bonds. The highest BCUT2D eigenvalue weighted by Crippen LogP contribution is 2.24. The summed E-state index contributed by atoms with van der Waals surface area (Å²) in [5.74, 6) is -0.403. The van der Waals surface area contributed by atoms with Crippen LogP contribution in [-0.2, 0) is 29.1 Å². The zero-order valence-electron chi connectivity index (χ0n) is 14.4. The van der Waals surface area contributed by atoms with Gasteiger partial charge in [-0.25, -0.2) is 9.37 Å². The molecule has 134 valence electrons. The minimum atomic E-state index is -0.299. The lowest BCUT2D eigenvalue weighted by molar-refractivity contribution is -0.120. The van der Waals surface area contributed by atoms with E-state index in [0.717, 1.165) is 16.7 Å². The van der Waals surface area contributed by atoms with Crippen LogP contribution in [0.3, 0.4) is 0 Å². The van der Waals surface area contributed by atoms with E-state index in [2.05, 4.69) is 10.3 Å². The second kappa shape index (κ2) is 8.69. The molecule has 0 aliphatic rings. The quantitative estimate of drug-likeness (QED) is 0.685. The summed E-state index contributed by atoms with van der Waals surface area (Å²) in [4.78, 5) is 16.7. The summed E-state index contributed by atoms with van der Waals surface area (Å²) >= 11 is 1.40. The van der Waals surface area contributed by atoms with Gasteiger partial charge in [-0.05, 0) is 23.3 Å². The lowest BCUT2D eigenvalue weighted by Gasteiger charge is -2.09. The van der Waals surface area contributed by atoms with Crippen LogP contribution in [0.4, 0.5) is 4.39 Å². The Morgan fingerprint density at radius 1 is 1.19 bits per heavy atom. The first-order valence-electron chi connectivity index (χ1n) is 8.18. The van der Waals surface area contributed by atoms with Crippen molar-refractivity contribution in [3.63, 3.8) is 0 Å². The summed E-state index contributed by atoms with van der Waals surface area (Å²) in [7, 11) is 1.65. The topological polar surface area (TPSA) is 51.2 Å². The number of carbonyl (C=O) groups excluding carboxylic acids is 1. The van der Waals surface area contributed by atoms with E-state index in [0.29, 0.717) is 23.9 Å². The standard InChI is InChI=1S/C20H19FN2O2S/c1-25-12-16-6-3-2-5-15(16)11-22-19(24)10-18-13-26-20(23-18)14-7-4-8-17(21)9-14/h2-9,13H,10-12H2,1H3,(H,22,24). The largest absolute Gasteiger partial charge is 0.380 e. The molecule has 1 aromatic heterocycles. The third kappa shape index (κ3) is 4.74. The van der Waals surface area contributed by atoms with Crippen molar-refractivity contribution >= 4 is 17.2 Å². The van der Waals surface area contributed by atoms with Gasteiger partial charge in [0.15, 0.2) is 0 Å². The van der Waals surface area contributed by atoms with Crippen molar-refractivity contribution in [2.45, 2.75) is 19.6 Å². The van der Waals surface area contributed by atoms with Gasteiger partial charge in [0, 0.05) is 24.6 Å². The third-order valence-corrected chi connectivity index (χ3v) is 4.80. The van der Waals surface area contributed by atoms with Crippen LogP contribution >= 0.6 is 11.3 Å². The van der Waals surface area contributed by atoms with E-state index >= 15 is 0 Å². The van der Waals surface area contributed by atoms with Gasteiger partial charge in [-0.1, -0.05) is 36.4 Å². The number of hydrogen-bond acceptors (Lipinski definition) is 4. The molecule has 0 fully saturated rings. The predicted molar refractivity (Wildman–Crippen MR) is 100 cm³/mol. The van der Waals surface area contributed by atoms with Gasteiger partial charge >= 0.3 is 0 Å². The van der Waals surface area contributed by atoms with Gasteiger partial charge in [0.25, 0.3) is 0 Å². The number of benzene rings is 2. The summed E-state index contributed by atoms with van der Waals surface area (Å²) < 4.78 is 18.5. The Balaban J connectivity index is 1.59. The molecule has 0 atom stereocenters. The maximum Gasteiger partial charge on any atom is 0.226 e. The molecule has 1 heterocycles. The lowest BCUT2D eigenvalue weighted by atomic mass is 10.1. The Morgan fingerprint density at radius 3 is 2.77 bits per heavy atom. The van der Waals surface area contributed by atoms with Crippen molar-refractivity contribution in [1.29, 1.82) is 0 Å². The number of hydrogen-bond donors (Lipinski definition) is 1. The van der Waals surface area contributed by atoms with Gasteiger partial charge in [0.05, 0.1) is 18.7 Å². The molecule has 0 aliphatic carbocycles. The SMILES string of the molecule is COCc1ccccc1CNC(=O)Cc1csc(-c2cccc(F)c2)n1. The van der Waals surface area contributed by atoms with Crippen molar-refractivity contribution < 1.29 is 13.9 Å². The lowest BCUT2D eigenvalue weighted by Crippen LogP contribution is -2.25. The highest BCUT2D eigenvalue weighted by Gasteiger charge is 2.10.